The summed E-state index contributed by atoms with van der Waals surface area (Å²) in [5.74, 6) is 0.782. The van der Waals surface area contributed by atoms with E-state index in [9.17, 15) is 0 Å². The Hall–Kier alpha value is -1.68. The van der Waals surface area contributed by atoms with Gasteiger partial charge in [0.1, 0.15) is 5.03 Å². The normalized spacial score (nSPS) is 10.1. The Kier molecular flexibility index (Phi) is 3.31. The van der Waals surface area contributed by atoms with E-state index in [2.05, 4.69) is 4.98 Å². The highest BCUT2D eigenvalue weighted by Gasteiger charge is 2.05. The number of hydrogen-bond acceptors (Lipinski definition) is 4. The Labute approximate surface area is 98.6 Å². The van der Waals surface area contributed by atoms with E-state index in [-0.39, 0.29) is 0 Å². The number of ether oxygens (including phenoxy) is 1. The molecule has 4 heteroatoms. The van der Waals surface area contributed by atoms with Crippen molar-refractivity contribution in [3.8, 4) is 5.75 Å². The average Bonchev–Trinajstić information content (AvgIpc) is 2.33. The Morgan fingerprint density at radius 3 is 2.62 bits per heavy atom. The lowest BCUT2D eigenvalue weighted by Crippen LogP contribution is -1.88. The molecule has 2 rings (SSSR count). The molecule has 0 atom stereocenters. The third-order valence-corrected chi connectivity index (χ3v) is 3.06. The lowest BCUT2D eigenvalue weighted by atomic mass is 10.3. The number of benzene rings is 1. The van der Waals surface area contributed by atoms with Gasteiger partial charge in [-0.05, 0) is 36.4 Å². The molecule has 0 aliphatic heterocycles. The van der Waals surface area contributed by atoms with Gasteiger partial charge in [-0.2, -0.15) is 0 Å². The van der Waals surface area contributed by atoms with E-state index in [1.807, 2.05) is 36.4 Å². The third kappa shape index (κ3) is 2.46. The summed E-state index contributed by atoms with van der Waals surface area (Å²) >= 11 is 1.56. The summed E-state index contributed by atoms with van der Waals surface area (Å²) < 4.78 is 5.23. The SMILES string of the molecule is COc1cccnc1Sc1ccc(N)cc1. The van der Waals surface area contributed by atoms with Gasteiger partial charge >= 0.3 is 0 Å². The maximum absolute atomic E-state index is 5.63. The zero-order valence-corrected chi connectivity index (χ0v) is 9.70. The molecule has 0 aliphatic carbocycles. The molecule has 0 radical (unpaired) electrons. The first kappa shape index (κ1) is 10.8. The molecule has 0 fully saturated rings. The van der Waals surface area contributed by atoms with Gasteiger partial charge in [0.2, 0.25) is 0 Å². The van der Waals surface area contributed by atoms with Crippen LogP contribution in [-0.4, -0.2) is 12.1 Å². The number of methoxy groups -OCH3 is 1. The fourth-order valence-electron chi connectivity index (χ4n) is 1.26. The van der Waals surface area contributed by atoms with E-state index in [1.165, 1.54) is 0 Å². The van der Waals surface area contributed by atoms with Crippen LogP contribution in [0, 0.1) is 0 Å². The number of rotatable bonds is 3. The molecule has 16 heavy (non-hydrogen) atoms. The Morgan fingerprint density at radius 1 is 1.19 bits per heavy atom. The fraction of sp³-hybridized carbons (Fsp3) is 0.0833. The molecular weight excluding hydrogens is 220 g/mol. The zero-order valence-electron chi connectivity index (χ0n) is 8.88. The van der Waals surface area contributed by atoms with Crippen molar-refractivity contribution in [1.29, 1.82) is 0 Å². The monoisotopic (exact) mass is 232 g/mol. The first-order valence-electron chi connectivity index (χ1n) is 4.82. The molecule has 3 nitrogen and oxygen atoms in total. The Morgan fingerprint density at radius 2 is 1.94 bits per heavy atom. The van der Waals surface area contributed by atoms with Crippen LogP contribution in [-0.2, 0) is 0 Å². The average molecular weight is 232 g/mol. The van der Waals surface area contributed by atoms with Crippen LogP contribution in [0.15, 0.2) is 52.5 Å². The Bertz CT molecular complexity index is 471. The first-order chi connectivity index (χ1) is 7.79. The van der Waals surface area contributed by atoms with Gasteiger partial charge in [0.05, 0.1) is 7.11 Å². The van der Waals surface area contributed by atoms with Crippen LogP contribution in [0.3, 0.4) is 0 Å². The van der Waals surface area contributed by atoms with Gasteiger partial charge in [-0.3, -0.25) is 0 Å². The quantitative estimate of drug-likeness (QED) is 0.827. The number of hydrogen-bond donors (Lipinski definition) is 1. The van der Waals surface area contributed by atoms with Crippen molar-refractivity contribution in [2.24, 2.45) is 0 Å². The van der Waals surface area contributed by atoms with Crippen molar-refractivity contribution in [2.45, 2.75) is 9.92 Å². The number of aromatic nitrogens is 1. The van der Waals surface area contributed by atoms with Crippen LogP contribution < -0.4 is 10.5 Å². The summed E-state index contributed by atoms with van der Waals surface area (Å²) in [6, 6.07) is 11.4. The molecular formula is C12H12N2OS. The molecule has 0 amide bonds. The maximum atomic E-state index is 5.63. The number of anilines is 1. The molecule has 1 aromatic heterocycles. The largest absolute Gasteiger partial charge is 0.494 e. The molecule has 1 aromatic carbocycles. The lowest BCUT2D eigenvalue weighted by molar-refractivity contribution is 0.401. The summed E-state index contributed by atoms with van der Waals surface area (Å²) in [5.41, 5.74) is 6.39. The molecule has 2 aromatic rings. The summed E-state index contributed by atoms with van der Waals surface area (Å²) in [7, 11) is 1.64. The minimum Gasteiger partial charge on any atom is -0.494 e. The molecule has 0 aliphatic rings. The number of nitrogen functional groups attached to an aromatic ring is 1. The lowest BCUT2D eigenvalue weighted by Gasteiger charge is -2.06. The van der Waals surface area contributed by atoms with Crippen LogP contribution in [0.25, 0.3) is 0 Å². The van der Waals surface area contributed by atoms with E-state index in [0.29, 0.717) is 0 Å². The van der Waals surface area contributed by atoms with Crippen LogP contribution in [0.2, 0.25) is 0 Å². The van der Waals surface area contributed by atoms with E-state index >= 15 is 0 Å². The van der Waals surface area contributed by atoms with Crippen molar-refractivity contribution < 1.29 is 4.74 Å². The molecule has 0 spiro atoms. The minimum absolute atomic E-state index is 0.761. The first-order valence-corrected chi connectivity index (χ1v) is 5.63. The van der Waals surface area contributed by atoms with Crippen molar-refractivity contribution in [3.05, 3.63) is 42.6 Å². The summed E-state index contributed by atoms with van der Waals surface area (Å²) in [4.78, 5) is 5.36. The smallest absolute Gasteiger partial charge is 0.151 e. The van der Waals surface area contributed by atoms with E-state index in [1.54, 1.807) is 25.1 Å². The van der Waals surface area contributed by atoms with Crippen molar-refractivity contribution >= 4 is 17.4 Å². The molecule has 82 valence electrons. The highest BCUT2D eigenvalue weighted by atomic mass is 32.2. The second-order valence-electron chi connectivity index (χ2n) is 3.18. The molecule has 2 N–H and O–H groups in total. The second kappa shape index (κ2) is 4.90. The molecule has 0 unspecified atom stereocenters. The van der Waals surface area contributed by atoms with Gasteiger partial charge in [0.25, 0.3) is 0 Å². The van der Waals surface area contributed by atoms with Crippen LogP contribution in [0.1, 0.15) is 0 Å². The van der Waals surface area contributed by atoms with E-state index in [0.717, 1.165) is 21.4 Å². The van der Waals surface area contributed by atoms with Gasteiger partial charge in [0, 0.05) is 16.8 Å². The molecule has 0 saturated heterocycles. The van der Waals surface area contributed by atoms with Crippen molar-refractivity contribution in [2.75, 3.05) is 12.8 Å². The second-order valence-corrected chi connectivity index (χ2v) is 4.24. The third-order valence-electron chi connectivity index (χ3n) is 2.05. The molecule has 1 heterocycles. The molecule has 0 bridgehead atoms. The minimum atomic E-state index is 0.761. The number of nitrogens with two attached hydrogens (primary N) is 1. The predicted molar refractivity (Wildman–Crippen MR) is 65.8 cm³/mol. The summed E-state index contributed by atoms with van der Waals surface area (Å²) in [5, 5.41) is 0.856. The van der Waals surface area contributed by atoms with Crippen molar-refractivity contribution in [1.82, 2.24) is 4.98 Å². The van der Waals surface area contributed by atoms with Gasteiger partial charge < -0.3 is 10.5 Å². The number of nitrogens with zero attached hydrogens (tertiary/aromatic N) is 1. The number of pyridine rings is 1. The standard InChI is InChI=1S/C12H12N2OS/c1-15-11-3-2-8-14-12(11)16-10-6-4-9(13)5-7-10/h2-8H,13H2,1H3. The van der Waals surface area contributed by atoms with Gasteiger partial charge in [-0.25, -0.2) is 4.98 Å². The summed E-state index contributed by atoms with van der Waals surface area (Å²) in [6.07, 6.45) is 1.75. The highest BCUT2D eigenvalue weighted by molar-refractivity contribution is 7.99. The maximum Gasteiger partial charge on any atom is 0.151 e. The van der Waals surface area contributed by atoms with Crippen LogP contribution in [0.5, 0.6) is 5.75 Å². The van der Waals surface area contributed by atoms with Gasteiger partial charge in [-0.15, -0.1) is 0 Å². The highest BCUT2D eigenvalue weighted by Crippen LogP contribution is 2.32. The zero-order chi connectivity index (χ0) is 11.4. The topological polar surface area (TPSA) is 48.1 Å². The van der Waals surface area contributed by atoms with Gasteiger partial charge in [0.15, 0.2) is 5.75 Å². The van der Waals surface area contributed by atoms with Crippen LogP contribution in [0.4, 0.5) is 5.69 Å². The van der Waals surface area contributed by atoms with Crippen LogP contribution >= 0.6 is 11.8 Å². The van der Waals surface area contributed by atoms with E-state index < -0.39 is 0 Å². The fourth-order valence-corrected chi connectivity index (χ4v) is 2.12. The van der Waals surface area contributed by atoms with Gasteiger partial charge in [-0.1, -0.05) is 11.8 Å². The predicted octanol–water partition coefficient (Wildman–Crippen LogP) is 2.82. The summed E-state index contributed by atoms with van der Waals surface area (Å²) in [6.45, 7) is 0. The Balaban J connectivity index is 2.23. The van der Waals surface area contributed by atoms with Crippen molar-refractivity contribution in [3.63, 3.8) is 0 Å². The molecule has 0 saturated carbocycles. The van der Waals surface area contributed by atoms with E-state index in [4.69, 9.17) is 10.5 Å².